The first-order chi connectivity index (χ1) is 7.65. The summed E-state index contributed by atoms with van der Waals surface area (Å²) in [5.41, 5.74) is 0.884. The van der Waals surface area contributed by atoms with Gasteiger partial charge < -0.3 is 9.84 Å². The molecule has 1 rings (SSSR count). The molecule has 2 atom stereocenters. The molecule has 0 aliphatic heterocycles. The van der Waals surface area contributed by atoms with E-state index in [0.717, 1.165) is 5.56 Å². The van der Waals surface area contributed by atoms with Gasteiger partial charge in [0.1, 0.15) is 12.6 Å². The molecule has 88 valence electrons. The van der Waals surface area contributed by atoms with Gasteiger partial charge in [-0.05, 0) is 24.3 Å². The number of benzene rings is 1. The van der Waals surface area contributed by atoms with Crippen LogP contribution in [0.1, 0.15) is 12.5 Å². The second kappa shape index (κ2) is 6.48. The summed E-state index contributed by atoms with van der Waals surface area (Å²) in [4.78, 5) is 13.6. The molecule has 0 bridgehead atoms. The summed E-state index contributed by atoms with van der Waals surface area (Å²) >= 11 is 5.33. The van der Waals surface area contributed by atoms with Crippen LogP contribution in [0.2, 0.25) is 0 Å². The van der Waals surface area contributed by atoms with Gasteiger partial charge >= 0.3 is 5.97 Å². The molecular formula is C11H14ClNO3. The number of ether oxygens (including phenoxy) is 1. The van der Waals surface area contributed by atoms with E-state index < -0.39 is 18.1 Å². The molecule has 0 aliphatic rings. The Balaban J connectivity index is 2.46. The lowest BCUT2D eigenvalue weighted by atomic mass is 10.2. The summed E-state index contributed by atoms with van der Waals surface area (Å²) in [6.07, 6.45) is -0.902. The minimum atomic E-state index is -0.912. The fraction of sp³-hybridized carbons (Fsp3) is 0.364. The molecular weight excluding hydrogens is 230 g/mol. The highest BCUT2D eigenvalue weighted by atomic mass is 35.5. The van der Waals surface area contributed by atoms with Gasteiger partial charge in [0.05, 0.1) is 6.10 Å². The summed E-state index contributed by atoms with van der Waals surface area (Å²) in [5.74, 6) is -0.575. The van der Waals surface area contributed by atoms with Crippen molar-refractivity contribution in [3.05, 3.63) is 35.9 Å². The molecule has 0 radical (unpaired) electrons. The Bertz CT molecular complexity index is 329. The Morgan fingerprint density at radius 3 is 2.62 bits per heavy atom. The number of hydrogen-bond donors (Lipinski definition) is 2. The summed E-state index contributed by atoms with van der Waals surface area (Å²) in [6, 6.07) is 8.37. The predicted molar refractivity (Wildman–Crippen MR) is 60.7 cm³/mol. The Labute approximate surface area is 99.3 Å². The normalized spacial score (nSPS) is 14.2. The first kappa shape index (κ1) is 13.0. The molecule has 0 saturated heterocycles. The fourth-order valence-electron chi connectivity index (χ4n) is 1.15. The third-order valence-electron chi connectivity index (χ3n) is 2.08. The van der Waals surface area contributed by atoms with Gasteiger partial charge in [-0.15, -0.1) is 0 Å². The fourth-order valence-corrected chi connectivity index (χ4v) is 1.42. The minimum absolute atomic E-state index is 0.168. The molecule has 0 aliphatic carbocycles. The van der Waals surface area contributed by atoms with E-state index in [0.29, 0.717) is 0 Å². The summed E-state index contributed by atoms with van der Waals surface area (Å²) < 4.78 is 5.00. The molecule has 5 heteroatoms. The Morgan fingerprint density at radius 1 is 1.50 bits per heavy atom. The lowest BCUT2D eigenvalue weighted by Gasteiger charge is -2.16. The second-order valence-corrected chi connectivity index (χ2v) is 3.64. The zero-order valence-corrected chi connectivity index (χ0v) is 9.65. The third kappa shape index (κ3) is 3.81. The number of hydrogen-bond acceptors (Lipinski definition) is 4. The van der Waals surface area contributed by atoms with Gasteiger partial charge in [0.2, 0.25) is 0 Å². The topological polar surface area (TPSA) is 58.6 Å². The summed E-state index contributed by atoms with van der Waals surface area (Å²) in [7, 11) is 0. The van der Waals surface area contributed by atoms with Crippen molar-refractivity contribution in [3.8, 4) is 0 Å². The van der Waals surface area contributed by atoms with Crippen LogP contribution in [0.4, 0.5) is 0 Å². The zero-order chi connectivity index (χ0) is 12.0. The summed E-state index contributed by atoms with van der Waals surface area (Å²) in [6.45, 7) is 1.63. The van der Waals surface area contributed by atoms with Crippen molar-refractivity contribution in [2.75, 3.05) is 0 Å². The van der Waals surface area contributed by atoms with Crippen LogP contribution in [-0.4, -0.2) is 23.2 Å². The maximum atomic E-state index is 11.5. The van der Waals surface area contributed by atoms with Gasteiger partial charge in [0.25, 0.3) is 0 Å². The van der Waals surface area contributed by atoms with Gasteiger partial charge in [-0.1, -0.05) is 30.3 Å². The SMILES string of the molecule is C[C@@H](O)[C@H](NCl)C(=O)OCc1ccccc1. The van der Waals surface area contributed by atoms with E-state index in [1.165, 1.54) is 6.92 Å². The molecule has 0 unspecified atom stereocenters. The Hall–Kier alpha value is -1.10. The maximum Gasteiger partial charge on any atom is 0.327 e. The number of rotatable bonds is 5. The monoisotopic (exact) mass is 243 g/mol. The molecule has 0 spiro atoms. The van der Waals surface area contributed by atoms with Crippen LogP contribution < -0.4 is 4.84 Å². The van der Waals surface area contributed by atoms with Crippen molar-refractivity contribution >= 4 is 17.7 Å². The first-order valence-corrected chi connectivity index (χ1v) is 5.27. The van der Waals surface area contributed by atoms with Crippen molar-refractivity contribution in [2.45, 2.75) is 25.7 Å². The Morgan fingerprint density at radius 2 is 2.12 bits per heavy atom. The highest BCUT2D eigenvalue weighted by Gasteiger charge is 2.24. The lowest BCUT2D eigenvalue weighted by molar-refractivity contribution is -0.149. The number of carbonyl (C=O) groups is 1. The molecule has 1 aromatic carbocycles. The number of nitrogens with one attached hydrogen (secondary N) is 1. The number of aliphatic hydroxyl groups is 1. The van der Waals surface area contributed by atoms with Crippen LogP contribution in [0.15, 0.2) is 30.3 Å². The van der Waals surface area contributed by atoms with E-state index in [4.69, 9.17) is 16.5 Å². The van der Waals surface area contributed by atoms with Gasteiger partial charge in [-0.25, -0.2) is 4.84 Å². The van der Waals surface area contributed by atoms with E-state index in [9.17, 15) is 9.90 Å². The van der Waals surface area contributed by atoms with E-state index in [2.05, 4.69) is 4.84 Å². The average molecular weight is 244 g/mol. The molecule has 2 N–H and O–H groups in total. The molecule has 0 heterocycles. The highest BCUT2D eigenvalue weighted by molar-refractivity contribution is 6.14. The van der Waals surface area contributed by atoms with E-state index >= 15 is 0 Å². The standard InChI is InChI=1S/C11H14ClNO3/c1-8(14)10(13-12)11(15)16-7-9-5-3-2-4-6-9/h2-6,8,10,13-14H,7H2,1H3/t8-,10+/m1/s1. The Kier molecular flexibility index (Phi) is 5.25. The number of carbonyl (C=O) groups excluding carboxylic acids is 1. The lowest BCUT2D eigenvalue weighted by Crippen LogP contribution is -2.41. The maximum absolute atomic E-state index is 11.5. The molecule has 16 heavy (non-hydrogen) atoms. The average Bonchev–Trinajstić information content (AvgIpc) is 2.28. The van der Waals surface area contributed by atoms with E-state index in [-0.39, 0.29) is 6.61 Å². The van der Waals surface area contributed by atoms with Crippen LogP contribution in [0, 0.1) is 0 Å². The zero-order valence-electron chi connectivity index (χ0n) is 8.89. The van der Waals surface area contributed by atoms with Crippen LogP contribution in [0.25, 0.3) is 0 Å². The van der Waals surface area contributed by atoms with Crippen LogP contribution in [-0.2, 0) is 16.1 Å². The third-order valence-corrected chi connectivity index (χ3v) is 2.31. The quantitative estimate of drug-likeness (QED) is 0.603. The summed E-state index contributed by atoms with van der Waals surface area (Å²) in [5, 5.41) is 9.23. The van der Waals surface area contributed by atoms with E-state index in [1.807, 2.05) is 30.3 Å². The van der Waals surface area contributed by atoms with Gasteiger partial charge in [-0.3, -0.25) is 4.79 Å². The first-order valence-electron chi connectivity index (χ1n) is 4.90. The molecule has 0 aromatic heterocycles. The second-order valence-electron chi connectivity index (χ2n) is 3.42. The molecule has 0 saturated carbocycles. The van der Waals surface area contributed by atoms with Crippen molar-refractivity contribution in [1.82, 2.24) is 4.84 Å². The van der Waals surface area contributed by atoms with Crippen LogP contribution >= 0.6 is 11.8 Å². The van der Waals surface area contributed by atoms with Crippen LogP contribution in [0.5, 0.6) is 0 Å². The van der Waals surface area contributed by atoms with Crippen molar-refractivity contribution < 1.29 is 14.6 Å². The van der Waals surface area contributed by atoms with E-state index in [1.54, 1.807) is 0 Å². The van der Waals surface area contributed by atoms with Gasteiger partial charge in [0.15, 0.2) is 0 Å². The smallest absolute Gasteiger partial charge is 0.327 e. The molecule has 4 nitrogen and oxygen atoms in total. The molecule has 0 fully saturated rings. The number of halogens is 1. The van der Waals surface area contributed by atoms with Crippen LogP contribution in [0.3, 0.4) is 0 Å². The highest BCUT2D eigenvalue weighted by Crippen LogP contribution is 2.04. The molecule has 1 aromatic rings. The largest absolute Gasteiger partial charge is 0.460 e. The predicted octanol–water partition coefficient (Wildman–Crippen LogP) is 1.22. The van der Waals surface area contributed by atoms with Crippen molar-refractivity contribution in [2.24, 2.45) is 0 Å². The van der Waals surface area contributed by atoms with Gasteiger partial charge in [0, 0.05) is 0 Å². The molecule has 0 amide bonds. The number of esters is 1. The van der Waals surface area contributed by atoms with Crippen molar-refractivity contribution in [1.29, 1.82) is 0 Å². The minimum Gasteiger partial charge on any atom is -0.460 e. The van der Waals surface area contributed by atoms with Crippen molar-refractivity contribution in [3.63, 3.8) is 0 Å². The number of aliphatic hydroxyl groups excluding tert-OH is 1. The van der Waals surface area contributed by atoms with Gasteiger partial charge in [-0.2, -0.15) is 0 Å².